The molecule has 1 N–H and O–H groups in total. The number of aromatic amines is 1. The minimum Gasteiger partial charge on any atom is -0.338 e. The van der Waals surface area contributed by atoms with Gasteiger partial charge in [-0.2, -0.15) is 4.98 Å². The Morgan fingerprint density at radius 3 is 2.69 bits per heavy atom. The number of aromatic nitrogens is 6. The molecule has 0 saturated heterocycles. The summed E-state index contributed by atoms with van der Waals surface area (Å²) < 4.78 is 7.00. The van der Waals surface area contributed by atoms with Gasteiger partial charge in [-0.25, -0.2) is 14.8 Å². The zero-order valence-electron chi connectivity index (χ0n) is 16.7. The Morgan fingerprint density at radius 2 is 1.94 bits per heavy atom. The molecule has 0 radical (unpaired) electrons. The van der Waals surface area contributed by atoms with Crippen LogP contribution in [0.1, 0.15) is 49.4 Å². The van der Waals surface area contributed by atoms with Gasteiger partial charge in [-0.1, -0.05) is 40.7 Å². The number of nitrogens with zero attached hydrogens (tertiary/aromatic N) is 5. The molecule has 9 nitrogen and oxygen atoms in total. The molecule has 0 bridgehead atoms. The molecule has 0 atom stereocenters. The van der Waals surface area contributed by atoms with Crippen LogP contribution >= 0.6 is 23.4 Å². The highest BCUT2D eigenvalue weighted by atomic mass is 35.5. The average molecular weight is 469 g/mol. The molecule has 0 aliphatic heterocycles. The first-order valence-corrected chi connectivity index (χ1v) is 11.7. The van der Waals surface area contributed by atoms with Crippen LogP contribution in [0.15, 0.2) is 43.4 Å². The zero-order valence-corrected chi connectivity index (χ0v) is 18.3. The number of hydrogen-bond acceptors (Lipinski definition) is 8. The number of benzene rings is 1. The third-order valence-corrected chi connectivity index (χ3v) is 6.83. The van der Waals surface area contributed by atoms with Crippen LogP contribution < -0.4 is 11.2 Å². The lowest BCUT2D eigenvalue weighted by Gasteiger charge is -2.11. The molecular weight excluding hydrogens is 452 g/mol. The summed E-state index contributed by atoms with van der Waals surface area (Å²) in [5, 5.41) is 5.41. The van der Waals surface area contributed by atoms with E-state index in [9.17, 15) is 9.59 Å². The minimum atomic E-state index is -0.478. The summed E-state index contributed by atoms with van der Waals surface area (Å²) in [7, 11) is 0. The Morgan fingerprint density at radius 1 is 1.12 bits per heavy atom. The number of thioether (sulfide) groups is 1. The van der Waals surface area contributed by atoms with Crippen LogP contribution in [0.25, 0.3) is 22.4 Å². The van der Waals surface area contributed by atoms with Gasteiger partial charge in [0.05, 0.1) is 10.8 Å². The first-order valence-electron chi connectivity index (χ1n) is 10.3. The maximum Gasteiger partial charge on any atom is 0.330 e. The van der Waals surface area contributed by atoms with Crippen molar-refractivity contribution in [2.45, 2.75) is 48.4 Å². The zero-order chi connectivity index (χ0) is 21.8. The average Bonchev–Trinajstić information content (AvgIpc) is 3.71. The number of nitrogens with one attached hydrogen (secondary N) is 1. The Hall–Kier alpha value is -2.98. The molecule has 0 unspecified atom stereocenters. The second kappa shape index (κ2) is 7.56. The molecule has 2 saturated carbocycles. The number of rotatable bonds is 6. The van der Waals surface area contributed by atoms with Crippen LogP contribution in [0.2, 0.25) is 5.02 Å². The van der Waals surface area contributed by atoms with Crippen LogP contribution in [0.5, 0.6) is 0 Å². The van der Waals surface area contributed by atoms with E-state index in [2.05, 4.69) is 25.1 Å². The van der Waals surface area contributed by atoms with Gasteiger partial charge in [0, 0.05) is 17.5 Å². The summed E-state index contributed by atoms with van der Waals surface area (Å²) in [6.07, 6.45) is 3.83. The largest absolute Gasteiger partial charge is 0.338 e. The van der Waals surface area contributed by atoms with Crippen molar-refractivity contribution in [3.8, 4) is 11.4 Å². The molecule has 11 heteroatoms. The summed E-state index contributed by atoms with van der Waals surface area (Å²) >= 11 is 7.55. The number of fused-ring (bicyclic) bond motifs is 1. The predicted octanol–water partition coefficient (Wildman–Crippen LogP) is 3.69. The van der Waals surface area contributed by atoms with E-state index < -0.39 is 11.2 Å². The lowest BCUT2D eigenvalue weighted by molar-refractivity contribution is 0.391. The molecule has 3 heterocycles. The molecule has 162 valence electrons. The van der Waals surface area contributed by atoms with Gasteiger partial charge in [0.15, 0.2) is 5.65 Å². The topological polar surface area (TPSA) is 120 Å². The van der Waals surface area contributed by atoms with Crippen molar-refractivity contribution in [1.29, 1.82) is 0 Å². The summed E-state index contributed by atoms with van der Waals surface area (Å²) in [6.45, 7) is 0. The van der Waals surface area contributed by atoms with Crippen molar-refractivity contribution in [3.63, 3.8) is 0 Å². The number of hydrogen-bond donors (Lipinski definition) is 1. The van der Waals surface area contributed by atoms with Crippen LogP contribution in [0.4, 0.5) is 0 Å². The van der Waals surface area contributed by atoms with Crippen molar-refractivity contribution in [3.05, 3.63) is 61.8 Å². The lowest BCUT2D eigenvalue weighted by Crippen LogP contribution is -2.31. The first-order chi connectivity index (χ1) is 15.6. The van der Waals surface area contributed by atoms with Gasteiger partial charge >= 0.3 is 5.69 Å². The predicted molar refractivity (Wildman–Crippen MR) is 119 cm³/mol. The van der Waals surface area contributed by atoms with Crippen LogP contribution in [-0.2, 0) is 5.75 Å². The highest BCUT2D eigenvalue weighted by molar-refractivity contribution is 7.98. The fourth-order valence-corrected chi connectivity index (χ4v) is 4.71. The molecule has 0 spiro atoms. The highest BCUT2D eigenvalue weighted by Crippen LogP contribution is 2.41. The second-order valence-electron chi connectivity index (χ2n) is 8.00. The molecule has 0 amide bonds. The van der Waals surface area contributed by atoms with E-state index in [0.29, 0.717) is 49.9 Å². The molecule has 3 aromatic heterocycles. The Bertz CT molecular complexity index is 1470. The van der Waals surface area contributed by atoms with E-state index in [1.807, 2.05) is 18.2 Å². The van der Waals surface area contributed by atoms with Crippen molar-refractivity contribution in [2.24, 2.45) is 0 Å². The number of H-pyrrole nitrogens is 1. The maximum atomic E-state index is 12.7. The normalized spacial score (nSPS) is 16.0. The monoisotopic (exact) mass is 468 g/mol. The van der Waals surface area contributed by atoms with E-state index in [0.717, 1.165) is 25.7 Å². The SMILES string of the molecule is O=c1[nH]c(=O)n(C2CC2)c2nc(C3CC3)nc(SCc3nc(-c4ccccc4Cl)no3)c12. The Kier molecular flexibility index (Phi) is 4.65. The summed E-state index contributed by atoms with van der Waals surface area (Å²) in [5.41, 5.74) is 0.210. The smallest absolute Gasteiger partial charge is 0.330 e. The maximum absolute atomic E-state index is 12.7. The van der Waals surface area contributed by atoms with Crippen molar-refractivity contribution in [1.82, 2.24) is 29.7 Å². The Labute approximate surface area is 190 Å². The van der Waals surface area contributed by atoms with E-state index in [1.54, 1.807) is 10.6 Å². The first kappa shape index (κ1) is 19.7. The molecule has 2 fully saturated rings. The van der Waals surface area contributed by atoms with E-state index in [1.165, 1.54) is 11.8 Å². The highest BCUT2D eigenvalue weighted by Gasteiger charge is 2.32. The molecule has 6 rings (SSSR count). The molecule has 1 aromatic carbocycles. The van der Waals surface area contributed by atoms with Gasteiger partial charge in [0.1, 0.15) is 16.2 Å². The molecular formula is C21H17ClN6O3S. The van der Waals surface area contributed by atoms with Gasteiger partial charge < -0.3 is 4.52 Å². The minimum absolute atomic E-state index is 0.0794. The second-order valence-corrected chi connectivity index (χ2v) is 9.37. The quantitative estimate of drug-likeness (QED) is 0.336. The van der Waals surface area contributed by atoms with Gasteiger partial charge in [-0.05, 0) is 37.8 Å². The number of halogens is 1. The van der Waals surface area contributed by atoms with Crippen LogP contribution in [0, 0.1) is 0 Å². The summed E-state index contributed by atoms with van der Waals surface area (Å²) in [4.78, 5) is 41.4. The summed E-state index contributed by atoms with van der Waals surface area (Å²) in [5.74, 6) is 2.06. The van der Waals surface area contributed by atoms with Crippen molar-refractivity contribution >= 4 is 34.4 Å². The fourth-order valence-electron chi connectivity index (χ4n) is 3.63. The van der Waals surface area contributed by atoms with Gasteiger partial charge in [0.2, 0.25) is 11.7 Å². The van der Waals surface area contributed by atoms with E-state index >= 15 is 0 Å². The van der Waals surface area contributed by atoms with Gasteiger partial charge in [0.25, 0.3) is 5.56 Å². The van der Waals surface area contributed by atoms with Gasteiger partial charge in [-0.3, -0.25) is 14.3 Å². The van der Waals surface area contributed by atoms with Crippen molar-refractivity contribution < 1.29 is 4.52 Å². The molecule has 2 aliphatic rings. The summed E-state index contributed by atoms with van der Waals surface area (Å²) in [6, 6.07) is 7.35. The molecule has 32 heavy (non-hydrogen) atoms. The molecule has 2 aliphatic carbocycles. The van der Waals surface area contributed by atoms with E-state index in [-0.39, 0.29) is 12.0 Å². The van der Waals surface area contributed by atoms with Crippen LogP contribution in [0.3, 0.4) is 0 Å². The van der Waals surface area contributed by atoms with Crippen molar-refractivity contribution in [2.75, 3.05) is 0 Å². The van der Waals surface area contributed by atoms with Crippen LogP contribution in [-0.4, -0.2) is 29.7 Å². The standard InChI is InChI=1S/C21H17ClN6O3S/c22-13-4-2-1-3-12(13)17-23-14(31-27-17)9-32-20-15-18(24-16(25-20)10-5-6-10)28(11-7-8-11)21(30)26-19(15)29/h1-4,10-11H,5-9H2,(H,26,29,30). The third-order valence-electron chi connectivity index (χ3n) is 5.54. The molecule has 4 aromatic rings. The van der Waals surface area contributed by atoms with Gasteiger partial charge in [-0.15, -0.1) is 0 Å². The fraction of sp³-hybridized carbons (Fsp3) is 0.333. The van der Waals surface area contributed by atoms with E-state index in [4.69, 9.17) is 16.1 Å². The third kappa shape index (κ3) is 3.53. The Balaban J connectivity index is 1.38. The lowest BCUT2D eigenvalue weighted by atomic mass is 10.2.